The second-order valence-corrected chi connectivity index (χ2v) is 3.80. The maximum Gasteiger partial charge on any atom is 0.123 e. The van der Waals surface area contributed by atoms with Crippen LogP contribution in [0, 0.1) is 12.7 Å². The molecular formula is C13H14FN3. The molecule has 0 atom stereocenters. The lowest BCUT2D eigenvalue weighted by Gasteiger charge is -2.10. The topological polar surface area (TPSA) is 37.0 Å². The van der Waals surface area contributed by atoms with Crippen LogP contribution >= 0.6 is 0 Å². The van der Waals surface area contributed by atoms with E-state index in [0.717, 1.165) is 22.6 Å². The zero-order chi connectivity index (χ0) is 12.3. The lowest BCUT2D eigenvalue weighted by Crippen LogP contribution is -1.96. The van der Waals surface area contributed by atoms with Crippen molar-refractivity contribution in [2.45, 2.75) is 6.92 Å². The molecule has 2 N–H and O–H groups in total. The number of aromatic nitrogens is 1. The van der Waals surface area contributed by atoms with Crippen molar-refractivity contribution in [2.75, 3.05) is 17.7 Å². The molecule has 0 spiro atoms. The third-order valence-electron chi connectivity index (χ3n) is 2.49. The van der Waals surface area contributed by atoms with Crippen LogP contribution in [0.15, 0.2) is 36.7 Å². The predicted molar refractivity (Wildman–Crippen MR) is 68.2 cm³/mol. The van der Waals surface area contributed by atoms with Gasteiger partial charge >= 0.3 is 0 Å². The zero-order valence-corrected chi connectivity index (χ0v) is 9.79. The van der Waals surface area contributed by atoms with Gasteiger partial charge in [0, 0.05) is 12.7 Å². The van der Waals surface area contributed by atoms with Crippen LogP contribution in [0.5, 0.6) is 0 Å². The highest BCUT2D eigenvalue weighted by Crippen LogP contribution is 2.22. The predicted octanol–water partition coefficient (Wildman–Crippen LogP) is 3.31. The van der Waals surface area contributed by atoms with Gasteiger partial charge in [-0.3, -0.25) is 4.98 Å². The number of benzene rings is 1. The molecule has 0 aliphatic carbocycles. The molecule has 4 heteroatoms. The number of pyridine rings is 1. The van der Waals surface area contributed by atoms with E-state index in [1.165, 1.54) is 12.1 Å². The number of nitrogens with zero attached hydrogens (tertiary/aromatic N) is 1. The largest absolute Gasteiger partial charge is 0.387 e. The van der Waals surface area contributed by atoms with Crippen molar-refractivity contribution in [3.63, 3.8) is 0 Å². The lowest BCUT2D eigenvalue weighted by atomic mass is 10.2. The van der Waals surface area contributed by atoms with E-state index in [-0.39, 0.29) is 5.82 Å². The summed E-state index contributed by atoms with van der Waals surface area (Å²) in [7, 11) is 1.84. The number of anilines is 3. The van der Waals surface area contributed by atoms with Crippen molar-refractivity contribution in [1.29, 1.82) is 0 Å². The first-order chi connectivity index (χ1) is 8.19. The first-order valence-electron chi connectivity index (χ1n) is 5.35. The summed E-state index contributed by atoms with van der Waals surface area (Å²) in [6, 6.07) is 6.59. The van der Waals surface area contributed by atoms with Crippen LogP contribution < -0.4 is 10.6 Å². The third kappa shape index (κ3) is 2.72. The van der Waals surface area contributed by atoms with Gasteiger partial charge in [-0.25, -0.2) is 4.39 Å². The monoisotopic (exact) mass is 231 g/mol. The Morgan fingerprint density at radius 1 is 1.12 bits per heavy atom. The molecule has 1 heterocycles. The number of nitrogens with one attached hydrogen (secondary N) is 2. The van der Waals surface area contributed by atoms with Gasteiger partial charge in [0.15, 0.2) is 0 Å². The Labute approximate surface area is 99.7 Å². The van der Waals surface area contributed by atoms with Crippen LogP contribution in [-0.2, 0) is 0 Å². The van der Waals surface area contributed by atoms with Crippen molar-refractivity contribution in [1.82, 2.24) is 4.98 Å². The number of rotatable bonds is 3. The van der Waals surface area contributed by atoms with Crippen LogP contribution in [0.4, 0.5) is 21.5 Å². The SMILES string of the molecule is CNc1cncc(Nc2ccc(F)cc2C)c1. The van der Waals surface area contributed by atoms with E-state index in [9.17, 15) is 4.39 Å². The summed E-state index contributed by atoms with van der Waals surface area (Å²) in [6.07, 6.45) is 3.46. The number of halogens is 1. The molecule has 2 rings (SSSR count). The molecule has 0 fully saturated rings. The fraction of sp³-hybridized carbons (Fsp3) is 0.154. The molecule has 1 aromatic heterocycles. The molecule has 0 radical (unpaired) electrons. The summed E-state index contributed by atoms with van der Waals surface area (Å²) in [5.74, 6) is -0.227. The molecule has 3 nitrogen and oxygen atoms in total. The van der Waals surface area contributed by atoms with Gasteiger partial charge in [0.2, 0.25) is 0 Å². The van der Waals surface area contributed by atoms with Crippen molar-refractivity contribution in [3.8, 4) is 0 Å². The molecule has 0 bridgehead atoms. The van der Waals surface area contributed by atoms with E-state index in [2.05, 4.69) is 15.6 Å². The minimum Gasteiger partial charge on any atom is -0.387 e. The molecule has 0 saturated carbocycles. The van der Waals surface area contributed by atoms with Crippen LogP contribution in [0.3, 0.4) is 0 Å². The second-order valence-electron chi connectivity index (χ2n) is 3.80. The minimum absolute atomic E-state index is 0.227. The van der Waals surface area contributed by atoms with Crippen LogP contribution in [0.2, 0.25) is 0 Å². The fourth-order valence-electron chi connectivity index (χ4n) is 1.57. The van der Waals surface area contributed by atoms with E-state index < -0.39 is 0 Å². The molecule has 0 amide bonds. The Bertz CT molecular complexity index is 526. The normalized spacial score (nSPS) is 10.1. The fourth-order valence-corrected chi connectivity index (χ4v) is 1.57. The van der Waals surface area contributed by atoms with Gasteiger partial charge in [0.25, 0.3) is 0 Å². The highest BCUT2D eigenvalue weighted by molar-refractivity contribution is 5.65. The Kier molecular flexibility index (Phi) is 3.23. The average Bonchev–Trinajstić information content (AvgIpc) is 2.33. The lowest BCUT2D eigenvalue weighted by molar-refractivity contribution is 0.627. The van der Waals surface area contributed by atoms with Gasteiger partial charge in [-0.2, -0.15) is 0 Å². The third-order valence-corrected chi connectivity index (χ3v) is 2.49. The molecule has 88 valence electrons. The number of hydrogen-bond acceptors (Lipinski definition) is 3. The summed E-state index contributed by atoms with van der Waals surface area (Å²) in [5.41, 5.74) is 3.53. The maximum absolute atomic E-state index is 13.0. The van der Waals surface area contributed by atoms with E-state index in [4.69, 9.17) is 0 Å². The number of aryl methyl sites for hydroxylation is 1. The summed E-state index contributed by atoms with van der Waals surface area (Å²) >= 11 is 0. The van der Waals surface area contributed by atoms with Crippen LogP contribution in [0.25, 0.3) is 0 Å². The molecule has 0 aliphatic rings. The smallest absolute Gasteiger partial charge is 0.123 e. The van der Waals surface area contributed by atoms with Gasteiger partial charge in [0.05, 0.1) is 23.8 Å². The van der Waals surface area contributed by atoms with E-state index in [1.54, 1.807) is 18.5 Å². The maximum atomic E-state index is 13.0. The molecule has 0 aliphatic heterocycles. The standard InChI is InChI=1S/C13H14FN3/c1-9-5-10(14)3-4-13(9)17-12-6-11(15-2)7-16-8-12/h3-8,15,17H,1-2H3. The first-order valence-corrected chi connectivity index (χ1v) is 5.35. The van der Waals surface area contributed by atoms with Gasteiger partial charge in [0.1, 0.15) is 5.82 Å². The highest BCUT2D eigenvalue weighted by Gasteiger charge is 2.01. The Morgan fingerprint density at radius 3 is 2.59 bits per heavy atom. The quantitative estimate of drug-likeness (QED) is 0.850. The summed E-state index contributed by atoms with van der Waals surface area (Å²) in [4.78, 5) is 4.10. The van der Waals surface area contributed by atoms with E-state index >= 15 is 0 Å². The van der Waals surface area contributed by atoms with Crippen LogP contribution in [0.1, 0.15) is 5.56 Å². The summed E-state index contributed by atoms with van der Waals surface area (Å²) in [6.45, 7) is 1.86. The van der Waals surface area contributed by atoms with Crippen LogP contribution in [-0.4, -0.2) is 12.0 Å². The molecule has 1 aromatic carbocycles. The van der Waals surface area contributed by atoms with Gasteiger partial charge in [-0.1, -0.05) is 0 Å². The minimum atomic E-state index is -0.227. The summed E-state index contributed by atoms with van der Waals surface area (Å²) < 4.78 is 13.0. The van der Waals surface area contributed by atoms with Crippen molar-refractivity contribution >= 4 is 17.1 Å². The first kappa shape index (κ1) is 11.4. The molecule has 0 unspecified atom stereocenters. The molecule has 0 saturated heterocycles. The van der Waals surface area contributed by atoms with Crippen molar-refractivity contribution in [2.24, 2.45) is 0 Å². The Morgan fingerprint density at radius 2 is 1.88 bits per heavy atom. The van der Waals surface area contributed by atoms with Gasteiger partial charge in [-0.05, 0) is 36.8 Å². The molecular weight excluding hydrogens is 217 g/mol. The summed E-state index contributed by atoms with van der Waals surface area (Å²) in [5, 5.41) is 6.22. The Hall–Kier alpha value is -2.10. The second kappa shape index (κ2) is 4.82. The molecule has 17 heavy (non-hydrogen) atoms. The number of hydrogen-bond donors (Lipinski definition) is 2. The Balaban J connectivity index is 2.25. The van der Waals surface area contributed by atoms with E-state index in [1.807, 2.05) is 20.0 Å². The van der Waals surface area contributed by atoms with Crippen molar-refractivity contribution in [3.05, 3.63) is 48.0 Å². The highest BCUT2D eigenvalue weighted by atomic mass is 19.1. The van der Waals surface area contributed by atoms with Gasteiger partial charge in [-0.15, -0.1) is 0 Å². The van der Waals surface area contributed by atoms with Crippen molar-refractivity contribution < 1.29 is 4.39 Å². The zero-order valence-electron chi connectivity index (χ0n) is 9.79. The van der Waals surface area contributed by atoms with Gasteiger partial charge < -0.3 is 10.6 Å². The molecule has 2 aromatic rings. The van der Waals surface area contributed by atoms with E-state index in [0.29, 0.717) is 0 Å². The average molecular weight is 231 g/mol.